The van der Waals surface area contributed by atoms with Crippen molar-refractivity contribution in [1.82, 2.24) is 5.32 Å². The largest absolute Gasteiger partial charge is 0.468 e. The van der Waals surface area contributed by atoms with E-state index in [1.807, 2.05) is 0 Å². The molecule has 2 aliphatic rings. The van der Waals surface area contributed by atoms with Crippen LogP contribution in [0.15, 0.2) is 11.6 Å². The van der Waals surface area contributed by atoms with Gasteiger partial charge in [0.25, 0.3) is 0 Å². The summed E-state index contributed by atoms with van der Waals surface area (Å²) < 4.78 is 4.56. The number of methoxy groups -OCH3 is 1. The predicted molar refractivity (Wildman–Crippen MR) is 70.7 cm³/mol. The molecule has 0 aromatic carbocycles. The van der Waals surface area contributed by atoms with Crippen LogP contribution in [0.5, 0.6) is 0 Å². The highest BCUT2D eigenvalue weighted by molar-refractivity contribution is 8.00. The van der Waals surface area contributed by atoms with Crippen LogP contribution in [-0.4, -0.2) is 53.5 Å². The van der Waals surface area contributed by atoms with Crippen LogP contribution in [0.25, 0.3) is 0 Å². The van der Waals surface area contributed by atoms with Crippen molar-refractivity contribution in [1.29, 1.82) is 0 Å². The van der Waals surface area contributed by atoms with Gasteiger partial charge in [0.15, 0.2) is 5.78 Å². The van der Waals surface area contributed by atoms with E-state index in [0.29, 0.717) is 17.9 Å². The minimum absolute atomic E-state index is 0.0351. The van der Waals surface area contributed by atoms with Crippen LogP contribution in [-0.2, 0) is 19.1 Å². The fourth-order valence-corrected chi connectivity index (χ4v) is 2.24. The summed E-state index contributed by atoms with van der Waals surface area (Å²) in [5, 5.41) is 11.4. The number of thioether (sulfide) groups is 1. The van der Waals surface area contributed by atoms with Gasteiger partial charge in [-0.2, -0.15) is 0 Å². The average Bonchev–Trinajstić information content (AvgIpc) is 3.08. The van der Waals surface area contributed by atoms with Crippen LogP contribution < -0.4 is 5.32 Å². The van der Waals surface area contributed by atoms with E-state index in [4.69, 9.17) is 0 Å². The first kappa shape index (κ1) is 15.7. The maximum atomic E-state index is 11.3. The van der Waals surface area contributed by atoms with E-state index in [1.54, 1.807) is 13.0 Å². The van der Waals surface area contributed by atoms with Crippen LogP contribution in [0.3, 0.4) is 0 Å². The molecule has 1 aliphatic heterocycles. The van der Waals surface area contributed by atoms with Crippen LogP contribution >= 0.6 is 11.8 Å². The number of aliphatic hydroxyl groups is 1. The summed E-state index contributed by atoms with van der Waals surface area (Å²) in [5.74, 6) is 0.283. The van der Waals surface area contributed by atoms with Gasteiger partial charge >= 0.3 is 5.97 Å². The number of hydrogen-bond donors (Lipinski definition) is 2. The molecular formula is C12H17NO5S. The summed E-state index contributed by atoms with van der Waals surface area (Å²) in [7, 11) is 1.34. The standard InChI is InChI=1S/C10H14O4S.C2H3NO/c1-6(10(13)14-2)15-5-7-3-8(11)4-9(7)12;4-2-1-3-2/h3,6,8,11H,4-5H2,1-2H3;1H2,(H,3,4)/t6?,8-;/m0./s1. The zero-order valence-corrected chi connectivity index (χ0v) is 11.7. The number of carbonyl (C=O) groups is 3. The number of rotatable bonds is 4. The molecule has 1 aliphatic carbocycles. The molecule has 0 aromatic rings. The van der Waals surface area contributed by atoms with Crippen LogP contribution in [0.4, 0.5) is 0 Å². The summed E-state index contributed by atoms with van der Waals surface area (Å²) in [5.41, 5.74) is 0.600. The Labute approximate surface area is 115 Å². The molecule has 0 spiro atoms. The molecule has 2 N–H and O–H groups in total. The Hall–Kier alpha value is -1.34. The second-order valence-corrected chi connectivity index (χ2v) is 5.47. The second-order valence-electron chi connectivity index (χ2n) is 4.14. The normalized spacial score (nSPS) is 21.8. The van der Waals surface area contributed by atoms with E-state index < -0.39 is 6.10 Å². The fourth-order valence-electron chi connectivity index (χ4n) is 1.32. The Morgan fingerprint density at radius 1 is 1.63 bits per heavy atom. The molecule has 0 radical (unpaired) electrons. The van der Waals surface area contributed by atoms with Crippen LogP contribution in [0.1, 0.15) is 13.3 Å². The molecule has 1 amide bonds. The summed E-state index contributed by atoms with van der Waals surface area (Å²) in [6.45, 7) is 2.33. The molecule has 19 heavy (non-hydrogen) atoms. The van der Waals surface area contributed by atoms with E-state index in [-0.39, 0.29) is 29.3 Å². The number of ether oxygens (including phenoxy) is 1. The van der Waals surface area contributed by atoms with Crippen LogP contribution in [0, 0.1) is 0 Å². The quantitative estimate of drug-likeness (QED) is 0.541. The van der Waals surface area contributed by atoms with E-state index in [9.17, 15) is 19.5 Å². The van der Waals surface area contributed by atoms with Gasteiger partial charge in [0.2, 0.25) is 5.91 Å². The van der Waals surface area contributed by atoms with Gasteiger partial charge in [-0.3, -0.25) is 14.4 Å². The molecule has 1 unspecified atom stereocenters. The van der Waals surface area contributed by atoms with Gasteiger partial charge in [-0.25, -0.2) is 0 Å². The summed E-state index contributed by atoms with van der Waals surface area (Å²) in [6.07, 6.45) is 1.07. The molecular weight excluding hydrogens is 270 g/mol. The lowest BCUT2D eigenvalue weighted by atomic mass is 10.2. The average molecular weight is 287 g/mol. The number of hydrogen-bond acceptors (Lipinski definition) is 6. The Balaban J connectivity index is 0.000000382. The SMILES string of the molecule is COC(=O)C(C)SCC1=C[C@H](O)CC1=O.O=C1CN1. The van der Waals surface area contributed by atoms with Gasteiger partial charge in [-0.05, 0) is 13.0 Å². The first-order valence-corrected chi connectivity index (χ1v) is 6.87. The predicted octanol–water partition coefficient (Wildman–Crippen LogP) is -0.343. The molecule has 0 saturated carbocycles. The lowest BCUT2D eigenvalue weighted by molar-refractivity contribution is -0.139. The highest BCUT2D eigenvalue weighted by atomic mass is 32.2. The third kappa shape index (κ3) is 5.89. The second kappa shape index (κ2) is 7.30. The zero-order valence-electron chi connectivity index (χ0n) is 10.8. The summed E-state index contributed by atoms with van der Waals surface area (Å²) >= 11 is 1.34. The molecule has 2 atom stereocenters. The number of Topliss-reactive ketones (excluding diaryl/α,β-unsaturated/α-hetero) is 1. The highest BCUT2D eigenvalue weighted by Crippen LogP contribution is 2.22. The fraction of sp³-hybridized carbons (Fsp3) is 0.583. The lowest BCUT2D eigenvalue weighted by Gasteiger charge is -2.08. The molecule has 1 heterocycles. The molecule has 2 rings (SSSR count). The van der Waals surface area contributed by atoms with Crippen molar-refractivity contribution in [3.63, 3.8) is 0 Å². The maximum Gasteiger partial charge on any atom is 0.318 e. The van der Waals surface area contributed by atoms with Crippen molar-refractivity contribution in [2.75, 3.05) is 19.4 Å². The Kier molecular flexibility index (Phi) is 6.04. The van der Waals surface area contributed by atoms with Gasteiger partial charge in [0.1, 0.15) is 0 Å². The number of amides is 1. The first-order chi connectivity index (χ1) is 8.93. The van der Waals surface area contributed by atoms with Crippen LogP contribution in [0.2, 0.25) is 0 Å². The van der Waals surface area contributed by atoms with Crippen molar-refractivity contribution in [3.8, 4) is 0 Å². The van der Waals surface area contributed by atoms with Crippen molar-refractivity contribution in [3.05, 3.63) is 11.6 Å². The van der Waals surface area contributed by atoms with E-state index in [2.05, 4.69) is 10.1 Å². The maximum absolute atomic E-state index is 11.3. The van der Waals surface area contributed by atoms with E-state index in [0.717, 1.165) is 0 Å². The lowest BCUT2D eigenvalue weighted by Crippen LogP contribution is -2.16. The number of nitrogens with one attached hydrogen (secondary N) is 1. The van der Waals surface area contributed by atoms with E-state index >= 15 is 0 Å². The van der Waals surface area contributed by atoms with E-state index in [1.165, 1.54) is 18.9 Å². The van der Waals surface area contributed by atoms with Gasteiger partial charge in [-0.1, -0.05) is 0 Å². The minimum Gasteiger partial charge on any atom is -0.468 e. The monoisotopic (exact) mass is 287 g/mol. The third-order valence-electron chi connectivity index (χ3n) is 2.49. The Morgan fingerprint density at radius 2 is 2.21 bits per heavy atom. The highest BCUT2D eigenvalue weighted by Gasteiger charge is 2.23. The minimum atomic E-state index is -0.651. The number of ketones is 1. The van der Waals surface area contributed by atoms with Gasteiger partial charge < -0.3 is 15.2 Å². The Bertz CT molecular complexity index is 401. The molecule has 7 heteroatoms. The number of carbonyl (C=O) groups excluding carboxylic acids is 3. The number of aliphatic hydroxyl groups excluding tert-OH is 1. The van der Waals surface area contributed by atoms with Crippen molar-refractivity contribution < 1.29 is 24.2 Å². The molecule has 106 valence electrons. The van der Waals surface area contributed by atoms with Crippen molar-refractivity contribution in [2.24, 2.45) is 0 Å². The smallest absolute Gasteiger partial charge is 0.318 e. The first-order valence-electron chi connectivity index (χ1n) is 5.82. The van der Waals surface area contributed by atoms with Gasteiger partial charge in [0.05, 0.1) is 25.0 Å². The number of esters is 1. The summed E-state index contributed by atoms with van der Waals surface area (Å²) in [4.78, 5) is 31.8. The van der Waals surface area contributed by atoms with Gasteiger partial charge in [0, 0.05) is 17.7 Å². The molecule has 0 bridgehead atoms. The summed E-state index contributed by atoms with van der Waals surface area (Å²) in [6, 6.07) is 0. The third-order valence-corrected chi connectivity index (χ3v) is 3.66. The Morgan fingerprint density at radius 3 is 2.58 bits per heavy atom. The molecule has 1 saturated heterocycles. The molecule has 6 nitrogen and oxygen atoms in total. The van der Waals surface area contributed by atoms with Crippen molar-refractivity contribution >= 4 is 29.4 Å². The van der Waals surface area contributed by atoms with Gasteiger partial charge in [-0.15, -0.1) is 11.8 Å². The molecule has 0 aromatic heterocycles. The van der Waals surface area contributed by atoms with Crippen molar-refractivity contribution in [2.45, 2.75) is 24.7 Å². The molecule has 1 fully saturated rings. The topological polar surface area (TPSA) is 103 Å². The zero-order chi connectivity index (χ0) is 14.4.